The average Bonchev–Trinajstić information content (AvgIpc) is 3.19. The number of carbonyl (C=O) groups excluding carboxylic acids is 1. The molecule has 3 rings (SSSR count). The number of carbonyl (C=O) groups is 1. The predicted octanol–water partition coefficient (Wildman–Crippen LogP) is 2.30. The first-order chi connectivity index (χ1) is 11.1. The van der Waals surface area contributed by atoms with E-state index in [0.717, 1.165) is 24.9 Å². The second-order valence-corrected chi connectivity index (χ2v) is 5.76. The number of nitrogens with zero attached hydrogens (tertiary/aromatic N) is 2. The number of aromatic amines is 1. The van der Waals surface area contributed by atoms with Crippen LogP contribution in [0, 0.1) is 5.82 Å². The van der Waals surface area contributed by atoms with Gasteiger partial charge in [-0.15, -0.1) is 0 Å². The van der Waals surface area contributed by atoms with Gasteiger partial charge in [-0.1, -0.05) is 0 Å². The maximum absolute atomic E-state index is 13.6. The first-order valence-electron chi connectivity index (χ1n) is 7.71. The molecule has 1 aromatic heterocycles. The minimum Gasteiger partial charge on any atom is -0.399 e. The number of hydrogen-bond donors (Lipinski definition) is 3. The van der Waals surface area contributed by atoms with Crippen molar-refractivity contribution in [2.75, 3.05) is 24.1 Å². The number of anilines is 2. The number of nitrogen functional groups attached to an aromatic ring is 1. The van der Waals surface area contributed by atoms with Crippen molar-refractivity contribution in [2.24, 2.45) is 0 Å². The minimum absolute atomic E-state index is 0.128. The van der Waals surface area contributed by atoms with E-state index in [4.69, 9.17) is 5.73 Å². The Morgan fingerprint density at radius 2 is 2.39 bits per heavy atom. The Hall–Kier alpha value is -2.41. The summed E-state index contributed by atoms with van der Waals surface area (Å²) >= 11 is 0. The van der Waals surface area contributed by atoms with Gasteiger partial charge in [-0.2, -0.15) is 5.10 Å². The van der Waals surface area contributed by atoms with Crippen LogP contribution in [0.5, 0.6) is 0 Å². The predicted molar refractivity (Wildman–Crippen MR) is 86.2 cm³/mol. The Kier molecular flexibility index (Phi) is 4.57. The topological polar surface area (TPSA) is 87.0 Å². The first-order valence-corrected chi connectivity index (χ1v) is 7.71. The molecule has 2 heterocycles. The number of hydrogen-bond acceptors (Lipinski definition) is 4. The molecule has 1 aromatic carbocycles. The van der Waals surface area contributed by atoms with Crippen molar-refractivity contribution in [2.45, 2.75) is 25.3 Å². The highest BCUT2D eigenvalue weighted by atomic mass is 19.1. The molecule has 0 bridgehead atoms. The molecule has 23 heavy (non-hydrogen) atoms. The summed E-state index contributed by atoms with van der Waals surface area (Å²) in [7, 11) is 0. The minimum atomic E-state index is -0.481. The number of benzene rings is 1. The van der Waals surface area contributed by atoms with Crippen molar-refractivity contribution in [1.82, 2.24) is 15.1 Å². The van der Waals surface area contributed by atoms with E-state index in [1.54, 1.807) is 0 Å². The monoisotopic (exact) mass is 317 g/mol. The third-order valence-electron chi connectivity index (χ3n) is 4.16. The van der Waals surface area contributed by atoms with E-state index < -0.39 is 5.82 Å². The molecule has 2 aromatic rings. The molecular formula is C16H20FN5O. The molecule has 1 amide bonds. The van der Waals surface area contributed by atoms with Crippen LogP contribution in [0.4, 0.5) is 15.8 Å². The van der Waals surface area contributed by atoms with Crippen LogP contribution in [0.1, 0.15) is 30.9 Å². The summed E-state index contributed by atoms with van der Waals surface area (Å²) in [5.74, 6) is -0.697. The molecule has 7 heteroatoms. The van der Waals surface area contributed by atoms with Gasteiger partial charge in [0.15, 0.2) is 0 Å². The quantitative estimate of drug-likeness (QED) is 0.739. The Labute approximate surface area is 133 Å². The SMILES string of the molecule is Nc1ccc(F)c(NC(=O)CCN2CCC[C@H]2c2cn[nH]c2)c1. The molecule has 0 unspecified atom stereocenters. The van der Waals surface area contributed by atoms with Crippen LogP contribution in [-0.4, -0.2) is 34.1 Å². The highest BCUT2D eigenvalue weighted by Gasteiger charge is 2.26. The number of likely N-dealkylation sites (tertiary alicyclic amines) is 1. The molecule has 1 saturated heterocycles. The Morgan fingerprint density at radius 1 is 1.52 bits per heavy atom. The van der Waals surface area contributed by atoms with Gasteiger partial charge in [0.1, 0.15) is 5.82 Å². The van der Waals surface area contributed by atoms with Gasteiger partial charge >= 0.3 is 0 Å². The Morgan fingerprint density at radius 3 is 3.17 bits per heavy atom. The fourth-order valence-electron chi connectivity index (χ4n) is 3.01. The Bertz CT molecular complexity index is 673. The second-order valence-electron chi connectivity index (χ2n) is 5.76. The summed E-state index contributed by atoms with van der Waals surface area (Å²) in [4.78, 5) is 14.3. The van der Waals surface area contributed by atoms with E-state index in [1.165, 1.54) is 18.2 Å². The van der Waals surface area contributed by atoms with E-state index >= 15 is 0 Å². The van der Waals surface area contributed by atoms with Crippen LogP contribution < -0.4 is 11.1 Å². The molecule has 0 saturated carbocycles. The standard InChI is InChI=1S/C16H20FN5O/c17-13-4-3-12(18)8-14(13)21-16(23)5-7-22-6-1-2-15(22)11-9-19-20-10-11/h3-4,8-10,15H,1-2,5-7,18H2,(H,19,20)(H,21,23)/t15-/m0/s1. The molecule has 0 radical (unpaired) electrons. The van der Waals surface area contributed by atoms with Gasteiger partial charge in [-0.05, 0) is 37.6 Å². The van der Waals surface area contributed by atoms with E-state index in [0.29, 0.717) is 24.7 Å². The zero-order valence-electron chi connectivity index (χ0n) is 12.8. The lowest BCUT2D eigenvalue weighted by Crippen LogP contribution is -2.27. The molecule has 1 aliphatic heterocycles. The van der Waals surface area contributed by atoms with Crippen molar-refractivity contribution in [3.05, 3.63) is 42.0 Å². The highest BCUT2D eigenvalue weighted by Crippen LogP contribution is 2.31. The highest BCUT2D eigenvalue weighted by molar-refractivity contribution is 5.91. The number of H-pyrrole nitrogens is 1. The van der Waals surface area contributed by atoms with Crippen LogP contribution >= 0.6 is 0 Å². The maximum Gasteiger partial charge on any atom is 0.225 e. The second kappa shape index (κ2) is 6.78. The molecular weight excluding hydrogens is 297 g/mol. The van der Waals surface area contributed by atoms with Gasteiger partial charge in [-0.25, -0.2) is 4.39 Å². The summed E-state index contributed by atoms with van der Waals surface area (Å²) in [6.07, 6.45) is 6.19. The zero-order chi connectivity index (χ0) is 16.2. The van der Waals surface area contributed by atoms with E-state index in [1.807, 2.05) is 12.4 Å². The van der Waals surface area contributed by atoms with Crippen LogP contribution in [0.2, 0.25) is 0 Å². The number of rotatable bonds is 5. The van der Waals surface area contributed by atoms with Crippen molar-refractivity contribution >= 4 is 17.3 Å². The van der Waals surface area contributed by atoms with Gasteiger partial charge < -0.3 is 11.1 Å². The summed E-state index contributed by atoms with van der Waals surface area (Å²) in [5.41, 5.74) is 7.30. The number of amides is 1. The molecule has 1 aliphatic rings. The van der Waals surface area contributed by atoms with Gasteiger partial charge in [0.2, 0.25) is 5.91 Å². The van der Waals surface area contributed by atoms with Gasteiger partial charge in [0.05, 0.1) is 11.9 Å². The molecule has 0 aliphatic carbocycles. The van der Waals surface area contributed by atoms with E-state index in [9.17, 15) is 9.18 Å². The summed E-state index contributed by atoms with van der Waals surface area (Å²) < 4.78 is 13.6. The van der Waals surface area contributed by atoms with Crippen molar-refractivity contribution in [3.63, 3.8) is 0 Å². The van der Waals surface area contributed by atoms with Crippen molar-refractivity contribution in [3.8, 4) is 0 Å². The van der Waals surface area contributed by atoms with Crippen LogP contribution in [0.3, 0.4) is 0 Å². The summed E-state index contributed by atoms with van der Waals surface area (Å²) in [5, 5.41) is 9.40. The molecule has 6 nitrogen and oxygen atoms in total. The average molecular weight is 317 g/mol. The zero-order valence-corrected chi connectivity index (χ0v) is 12.8. The van der Waals surface area contributed by atoms with Crippen molar-refractivity contribution in [1.29, 1.82) is 0 Å². The lowest BCUT2D eigenvalue weighted by molar-refractivity contribution is -0.116. The van der Waals surface area contributed by atoms with Crippen molar-refractivity contribution < 1.29 is 9.18 Å². The third kappa shape index (κ3) is 3.68. The van der Waals surface area contributed by atoms with E-state index in [2.05, 4.69) is 20.4 Å². The fourth-order valence-corrected chi connectivity index (χ4v) is 3.01. The summed E-state index contributed by atoms with van der Waals surface area (Å²) in [6.45, 7) is 1.58. The largest absolute Gasteiger partial charge is 0.399 e. The van der Waals surface area contributed by atoms with Crippen LogP contribution in [0.15, 0.2) is 30.6 Å². The molecule has 0 spiro atoms. The smallest absolute Gasteiger partial charge is 0.225 e. The number of halogens is 1. The van der Waals surface area contributed by atoms with Crippen LogP contribution in [-0.2, 0) is 4.79 Å². The molecule has 122 valence electrons. The molecule has 4 N–H and O–H groups in total. The molecule has 1 fully saturated rings. The third-order valence-corrected chi connectivity index (χ3v) is 4.16. The van der Waals surface area contributed by atoms with Crippen LogP contribution in [0.25, 0.3) is 0 Å². The Balaban J connectivity index is 1.55. The normalized spacial score (nSPS) is 18.2. The number of nitrogens with one attached hydrogen (secondary N) is 2. The first kappa shape index (κ1) is 15.5. The lowest BCUT2D eigenvalue weighted by atomic mass is 10.1. The van der Waals surface area contributed by atoms with Gasteiger partial charge in [0.25, 0.3) is 0 Å². The van der Waals surface area contributed by atoms with Gasteiger partial charge in [0, 0.05) is 36.5 Å². The number of nitrogens with two attached hydrogens (primary N) is 1. The van der Waals surface area contributed by atoms with Gasteiger partial charge in [-0.3, -0.25) is 14.8 Å². The fraction of sp³-hybridized carbons (Fsp3) is 0.375. The lowest BCUT2D eigenvalue weighted by Gasteiger charge is -2.23. The maximum atomic E-state index is 13.6. The number of aromatic nitrogens is 2. The van der Waals surface area contributed by atoms with E-state index in [-0.39, 0.29) is 11.6 Å². The molecule has 1 atom stereocenters. The summed E-state index contributed by atoms with van der Waals surface area (Å²) in [6, 6.07) is 4.44.